The third-order valence-electron chi connectivity index (χ3n) is 3.13. The zero-order chi connectivity index (χ0) is 15.7. The number of nitrogens with one attached hydrogen (secondary N) is 1. The van der Waals surface area contributed by atoms with Crippen LogP contribution in [0.5, 0.6) is 0 Å². The van der Waals surface area contributed by atoms with Crippen molar-refractivity contribution in [3.63, 3.8) is 0 Å². The van der Waals surface area contributed by atoms with Crippen molar-refractivity contribution in [1.82, 2.24) is 10.4 Å². The molecule has 21 heavy (non-hydrogen) atoms. The highest BCUT2D eigenvalue weighted by molar-refractivity contribution is 7.99. The van der Waals surface area contributed by atoms with Gasteiger partial charge in [-0.1, -0.05) is 19.9 Å². The first-order valence-electron chi connectivity index (χ1n) is 6.97. The maximum absolute atomic E-state index is 10.9. The minimum atomic E-state index is -0.564. The molecule has 1 rings (SSSR count). The Labute approximate surface area is 130 Å². The summed E-state index contributed by atoms with van der Waals surface area (Å²) in [7, 11) is 0. The number of carbonyl (C=O) groups is 1. The molecule has 0 heterocycles. The molecule has 1 aromatic rings. The molecule has 0 aromatic heterocycles. The number of nitrogens with two attached hydrogens (primary N) is 1. The quantitative estimate of drug-likeness (QED) is 0.226. The second kappa shape index (κ2) is 9.44. The van der Waals surface area contributed by atoms with Crippen LogP contribution in [0.1, 0.15) is 19.4 Å². The maximum atomic E-state index is 10.9. The Morgan fingerprint density at radius 3 is 2.71 bits per heavy atom. The topological polar surface area (TPSA) is 78.6 Å². The number of nitrogens with zero attached hydrogens (tertiary/aromatic N) is 1. The molecule has 0 aliphatic rings. The van der Waals surface area contributed by atoms with E-state index in [-0.39, 0.29) is 0 Å². The second-order valence-corrected chi connectivity index (χ2v) is 5.62. The Bertz CT molecular complexity index is 488. The first-order valence-corrected chi connectivity index (χ1v) is 7.96. The highest BCUT2D eigenvalue weighted by atomic mass is 32.2. The zero-order valence-electron chi connectivity index (χ0n) is 12.5. The molecule has 116 valence electrons. The van der Waals surface area contributed by atoms with Gasteiger partial charge in [0.05, 0.1) is 0 Å². The molecule has 0 spiro atoms. The lowest BCUT2D eigenvalue weighted by atomic mass is 10.2. The SMILES string of the molecule is CCN(CC)CCSc1ccc(C=CC(=O)NO)cc1N. The number of hydrogen-bond donors (Lipinski definition) is 3. The van der Waals surface area contributed by atoms with Gasteiger partial charge >= 0.3 is 0 Å². The molecule has 0 radical (unpaired) electrons. The van der Waals surface area contributed by atoms with Gasteiger partial charge in [-0.05, 0) is 36.9 Å². The smallest absolute Gasteiger partial charge is 0.267 e. The van der Waals surface area contributed by atoms with Gasteiger partial charge in [0.15, 0.2) is 0 Å². The first-order chi connectivity index (χ1) is 10.1. The minimum absolute atomic E-state index is 0.564. The lowest BCUT2D eigenvalue weighted by Crippen LogP contribution is -2.25. The third-order valence-corrected chi connectivity index (χ3v) is 4.20. The van der Waals surface area contributed by atoms with Crippen molar-refractivity contribution in [1.29, 1.82) is 0 Å². The van der Waals surface area contributed by atoms with Crippen molar-refractivity contribution >= 4 is 29.4 Å². The summed E-state index contributed by atoms with van der Waals surface area (Å²) in [5.41, 5.74) is 9.09. The predicted molar refractivity (Wildman–Crippen MR) is 88.3 cm³/mol. The van der Waals surface area contributed by atoms with Crippen molar-refractivity contribution in [2.45, 2.75) is 18.7 Å². The summed E-state index contributed by atoms with van der Waals surface area (Å²) in [5.74, 6) is 0.430. The number of thioether (sulfide) groups is 1. The molecule has 0 saturated heterocycles. The molecule has 1 aromatic carbocycles. The van der Waals surface area contributed by atoms with Crippen molar-refractivity contribution in [3.8, 4) is 0 Å². The largest absolute Gasteiger partial charge is 0.398 e. The number of rotatable bonds is 8. The van der Waals surface area contributed by atoms with Gasteiger partial charge in [-0.25, -0.2) is 5.48 Å². The molecule has 0 saturated carbocycles. The minimum Gasteiger partial charge on any atom is -0.398 e. The number of hydrogen-bond acceptors (Lipinski definition) is 5. The number of hydroxylamine groups is 1. The van der Waals surface area contributed by atoms with E-state index in [1.54, 1.807) is 23.3 Å². The first kappa shape index (κ1) is 17.6. The molecule has 4 N–H and O–H groups in total. The van der Waals surface area contributed by atoms with E-state index in [0.717, 1.165) is 35.8 Å². The predicted octanol–water partition coefficient (Wildman–Crippen LogP) is 2.22. The van der Waals surface area contributed by atoms with Crippen LogP contribution in [0.4, 0.5) is 5.69 Å². The van der Waals surface area contributed by atoms with Crippen LogP contribution in [0.15, 0.2) is 29.2 Å². The fraction of sp³-hybridized carbons (Fsp3) is 0.400. The van der Waals surface area contributed by atoms with Crippen molar-refractivity contribution < 1.29 is 10.0 Å². The van der Waals surface area contributed by atoms with Crippen LogP contribution in [-0.2, 0) is 4.79 Å². The molecule has 0 aliphatic heterocycles. The summed E-state index contributed by atoms with van der Waals surface area (Å²) >= 11 is 1.73. The Morgan fingerprint density at radius 1 is 1.43 bits per heavy atom. The number of nitrogen functional groups attached to an aromatic ring is 1. The number of carbonyl (C=O) groups excluding carboxylic acids is 1. The highest BCUT2D eigenvalue weighted by Gasteiger charge is 2.03. The van der Waals surface area contributed by atoms with Gasteiger partial charge in [-0.3, -0.25) is 10.0 Å². The molecule has 1 amide bonds. The van der Waals surface area contributed by atoms with Gasteiger partial charge in [-0.15, -0.1) is 11.8 Å². The number of benzene rings is 1. The van der Waals surface area contributed by atoms with Gasteiger partial charge in [0.2, 0.25) is 0 Å². The molecule has 0 unspecified atom stereocenters. The van der Waals surface area contributed by atoms with E-state index in [2.05, 4.69) is 18.7 Å². The van der Waals surface area contributed by atoms with Crippen molar-refractivity contribution in [3.05, 3.63) is 29.8 Å². The Balaban J connectivity index is 2.58. The fourth-order valence-corrected chi connectivity index (χ4v) is 2.80. The van der Waals surface area contributed by atoms with Crippen molar-refractivity contribution in [2.75, 3.05) is 31.1 Å². The van der Waals surface area contributed by atoms with E-state index < -0.39 is 5.91 Å². The van der Waals surface area contributed by atoms with Crippen LogP contribution < -0.4 is 11.2 Å². The molecule has 5 nitrogen and oxygen atoms in total. The van der Waals surface area contributed by atoms with E-state index in [9.17, 15) is 4.79 Å². The molecule has 6 heteroatoms. The Hall–Kier alpha value is -1.50. The van der Waals surface area contributed by atoms with Crippen LogP contribution in [0.25, 0.3) is 6.08 Å². The lowest BCUT2D eigenvalue weighted by Gasteiger charge is -2.17. The van der Waals surface area contributed by atoms with Crippen LogP contribution in [0.2, 0.25) is 0 Å². The molecule has 0 bridgehead atoms. The van der Waals surface area contributed by atoms with E-state index in [4.69, 9.17) is 10.9 Å². The monoisotopic (exact) mass is 309 g/mol. The molecule has 0 atom stereocenters. The second-order valence-electron chi connectivity index (χ2n) is 4.48. The summed E-state index contributed by atoms with van der Waals surface area (Å²) in [6.07, 6.45) is 2.86. The average Bonchev–Trinajstić information content (AvgIpc) is 2.50. The van der Waals surface area contributed by atoms with Gasteiger partial charge in [0, 0.05) is 29.0 Å². The summed E-state index contributed by atoms with van der Waals surface area (Å²) in [5, 5.41) is 8.41. The van der Waals surface area contributed by atoms with E-state index in [0.29, 0.717) is 5.69 Å². The Morgan fingerprint density at radius 2 is 2.14 bits per heavy atom. The molecular formula is C15H23N3O2S. The average molecular weight is 309 g/mol. The van der Waals surface area contributed by atoms with E-state index in [1.165, 1.54) is 6.08 Å². The fourth-order valence-electron chi connectivity index (χ4n) is 1.84. The number of anilines is 1. The van der Waals surface area contributed by atoms with Crippen LogP contribution in [0, 0.1) is 0 Å². The van der Waals surface area contributed by atoms with Crippen LogP contribution >= 0.6 is 11.8 Å². The van der Waals surface area contributed by atoms with Crippen LogP contribution in [0.3, 0.4) is 0 Å². The van der Waals surface area contributed by atoms with E-state index in [1.807, 2.05) is 18.2 Å². The van der Waals surface area contributed by atoms with Crippen molar-refractivity contribution in [2.24, 2.45) is 0 Å². The van der Waals surface area contributed by atoms with Crippen LogP contribution in [-0.4, -0.2) is 41.4 Å². The standard InChI is InChI=1S/C15H23N3O2S/c1-3-18(4-2)9-10-21-14-7-5-12(11-13(14)16)6-8-15(19)17-20/h5-8,11,20H,3-4,9-10,16H2,1-2H3,(H,17,19). The maximum Gasteiger partial charge on any atom is 0.267 e. The van der Waals surface area contributed by atoms with Gasteiger partial charge in [0.25, 0.3) is 5.91 Å². The molecule has 0 aliphatic carbocycles. The van der Waals surface area contributed by atoms with Gasteiger partial charge < -0.3 is 10.6 Å². The summed E-state index contributed by atoms with van der Waals surface area (Å²) in [6, 6.07) is 5.68. The third kappa shape index (κ3) is 6.20. The summed E-state index contributed by atoms with van der Waals surface area (Å²) in [4.78, 5) is 14.3. The number of amides is 1. The normalized spacial score (nSPS) is 11.2. The summed E-state index contributed by atoms with van der Waals surface area (Å²) < 4.78 is 0. The lowest BCUT2D eigenvalue weighted by molar-refractivity contribution is -0.124. The molecule has 0 fully saturated rings. The molecular weight excluding hydrogens is 286 g/mol. The highest BCUT2D eigenvalue weighted by Crippen LogP contribution is 2.26. The van der Waals surface area contributed by atoms with E-state index >= 15 is 0 Å². The van der Waals surface area contributed by atoms with Gasteiger partial charge in [-0.2, -0.15) is 0 Å². The summed E-state index contributed by atoms with van der Waals surface area (Å²) in [6.45, 7) is 7.47. The Kier molecular flexibility index (Phi) is 7.89. The zero-order valence-corrected chi connectivity index (χ0v) is 13.3. The van der Waals surface area contributed by atoms with Gasteiger partial charge in [0.1, 0.15) is 0 Å².